The number of carbonyl (C=O) groups is 2. The first-order chi connectivity index (χ1) is 14.1. The van der Waals surface area contributed by atoms with Crippen LogP contribution in [0, 0.1) is 5.92 Å². The number of carbonyl (C=O) groups excluding carboxylic acids is 2. The lowest BCUT2D eigenvalue weighted by molar-refractivity contribution is -0.132. The van der Waals surface area contributed by atoms with Crippen molar-refractivity contribution in [2.75, 3.05) is 24.5 Å². The quantitative estimate of drug-likeness (QED) is 0.779. The van der Waals surface area contributed by atoms with Crippen molar-refractivity contribution in [1.29, 1.82) is 0 Å². The average molecular weight is 398 g/mol. The van der Waals surface area contributed by atoms with Crippen LogP contribution in [0.4, 0.5) is 5.69 Å². The standard InChI is InChI=1S/C24H35N3O2/c1-3-24(29)25-16-20-7-4-5-10-23(20)26(18(2)28)14-13-21-8-6-9-22(17-25)27(21)15-19-11-12-19/h4-5,7,10,19,21-22H,3,6,8-9,11-17H2,1-2H3. The summed E-state index contributed by atoms with van der Waals surface area (Å²) >= 11 is 0. The fourth-order valence-electron chi connectivity index (χ4n) is 5.19. The Bertz CT molecular complexity index is 745. The second-order valence-electron chi connectivity index (χ2n) is 9.09. The van der Waals surface area contributed by atoms with Crippen LogP contribution in [-0.4, -0.2) is 53.3 Å². The molecule has 2 atom stereocenters. The number of rotatable bonds is 3. The topological polar surface area (TPSA) is 43.9 Å². The Hall–Kier alpha value is -1.88. The molecule has 1 aliphatic carbocycles. The van der Waals surface area contributed by atoms with Gasteiger partial charge in [0.05, 0.1) is 0 Å². The van der Waals surface area contributed by atoms with Gasteiger partial charge in [-0.05, 0) is 49.7 Å². The van der Waals surface area contributed by atoms with Crippen molar-refractivity contribution >= 4 is 17.5 Å². The highest BCUT2D eigenvalue weighted by atomic mass is 16.2. The van der Waals surface area contributed by atoms with E-state index in [4.69, 9.17) is 0 Å². The van der Waals surface area contributed by atoms with Gasteiger partial charge in [0, 0.05) is 57.3 Å². The Balaban J connectivity index is 1.70. The molecule has 0 aromatic heterocycles. The maximum absolute atomic E-state index is 12.9. The smallest absolute Gasteiger partial charge is 0.223 e. The molecule has 0 spiro atoms. The van der Waals surface area contributed by atoms with Crippen molar-refractivity contribution in [3.8, 4) is 0 Å². The van der Waals surface area contributed by atoms with E-state index in [0.29, 0.717) is 25.0 Å². The van der Waals surface area contributed by atoms with Gasteiger partial charge in [0.1, 0.15) is 0 Å². The SMILES string of the molecule is CCC(=O)N1Cc2ccccc2N(C(C)=O)CCC2CCCC(C1)N2CC1CC1. The van der Waals surface area contributed by atoms with Crippen molar-refractivity contribution < 1.29 is 9.59 Å². The van der Waals surface area contributed by atoms with Gasteiger partial charge >= 0.3 is 0 Å². The van der Waals surface area contributed by atoms with Crippen LogP contribution in [0.25, 0.3) is 0 Å². The number of benzene rings is 1. The maximum atomic E-state index is 12.9. The van der Waals surface area contributed by atoms with E-state index in [2.05, 4.69) is 15.9 Å². The van der Waals surface area contributed by atoms with E-state index in [-0.39, 0.29) is 11.8 Å². The van der Waals surface area contributed by atoms with E-state index in [1.165, 1.54) is 32.1 Å². The third kappa shape index (κ3) is 4.66. The molecule has 2 unspecified atom stereocenters. The van der Waals surface area contributed by atoms with E-state index in [1.807, 2.05) is 30.0 Å². The number of anilines is 1. The summed E-state index contributed by atoms with van der Waals surface area (Å²) in [5.41, 5.74) is 2.05. The molecule has 1 aromatic carbocycles. The van der Waals surface area contributed by atoms with Crippen molar-refractivity contribution in [3.63, 3.8) is 0 Å². The van der Waals surface area contributed by atoms with E-state index in [0.717, 1.165) is 43.2 Å². The van der Waals surface area contributed by atoms with Crippen LogP contribution in [0.3, 0.4) is 0 Å². The lowest BCUT2D eigenvalue weighted by Crippen LogP contribution is -2.53. The molecule has 2 amide bonds. The predicted molar refractivity (Wildman–Crippen MR) is 116 cm³/mol. The van der Waals surface area contributed by atoms with E-state index in [1.54, 1.807) is 6.92 Å². The van der Waals surface area contributed by atoms with Crippen LogP contribution < -0.4 is 4.90 Å². The molecule has 158 valence electrons. The summed E-state index contributed by atoms with van der Waals surface area (Å²) in [6.45, 7) is 6.93. The highest BCUT2D eigenvalue weighted by molar-refractivity contribution is 5.92. The normalized spacial score (nSPS) is 25.9. The number of amides is 2. The number of hydrogen-bond acceptors (Lipinski definition) is 3. The molecule has 5 nitrogen and oxygen atoms in total. The minimum atomic E-state index is 0.0890. The van der Waals surface area contributed by atoms with Crippen molar-refractivity contribution in [2.24, 2.45) is 5.92 Å². The van der Waals surface area contributed by atoms with Gasteiger partial charge in [0.15, 0.2) is 0 Å². The van der Waals surface area contributed by atoms with Crippen molar-refractivity contribution in [1.82, 2.24) is 9.80 Å². The minimum absolute atomic E-state index is 0.0890. The monoisotopic (exact) mass is 397 g/mol. The number of para-hydroxylation sites is 1. The first-order valence-corrected chi connectivity index (χ1v) is 11.5. The molecular weight excluding hydrogens is 362 g/mol. The Morgan fingerprint density at radius 2 is 1.79 bits per heavy atom. The molecule has 2 heterocycles. The molecule has 3 aliphatic rings. The Labute approximate surface area is 175 Å². The first kappa shape index (κ1) is 20.4. The molecule has 29 heavy (non-hydrogen) atoms. The molecule has 2 bridgehead atoms. The second kappa shape index (κ2) is 8.86. The summed E-state index contributed by atoms with van der Waals surface area (Å²) < 4.78 is 0. The molecule has 5 heteroatoms. The van der Waals surface area contributed by atoms with Crippen LogP contribution in [0.1, 0.15) is 64.4 Å². The first-order valence-electron chi connectivity index (χ1n) is 11.5. The van der Waals surface area contributed by atoms with E-state index < -0.39 is 0 Å². The Morgan fingerprint density at radius 3 is 2.52 bits per heavy atom. The molecule has 2 fully saturated rings. The summed E-state index contributed by atoms with van der Waals surface area (Å²) in [5, 5.41) is 0. The van der Waals surface area contributed by atoms with Gasteiger partial charge in [-0.25, -0.2) is 0 Å². The molecular formula is C24H35N3O2. The number of hydrogen-bond donors (Lipinski definition) is 0. The Kier molecular flexibility index (Phi) is 6.23. The van der Waals surface area contributed by atoms with Crippen LogP contribution in [0.2, 0.25) is 0 Å². The molecule has 0 radical (unpaired) electrons. The Morgan fingerprint density at radius 1 is 1.03 bits per heavy atom. The number of piperidine rings is 1. The molecule has 1 saturated heterocycles. The van der Waals surface area contributed by atoms with Crippen molar-refractivity contribution in [3.05, 3.63) is 29.8 Å². The summed E-state index contributed by atoms with van der Waals surface area (Å²) in [4.78, 5) is 32.1. The second-order valence-corrected chi connectivity index (χ2v) is 9.09. The maximum Gasteiger partial charge on any atom is 0.223 e. The van der Waals surface area contributed by atoms with Crippen LogP contribution >= 0.6 is 0 Å². The third-order valence-electron chi connectivity index (χ3n) is 6.97. The van der Waals surface area contributed by atoms with Gasteiger partial charge in [0.2, 0.25) is 11.8 Å². The van der Waals surface area contributed by atoms with Gasteiger partial charge in [-0.15, -0.1) is 0 Å². The van der Waals surface area contributed by atoms with Gasteiger partial charge in [-0.3, -0.25) is 14.5 Å². The fraction of sp³-hybridized carbons (Fsp3) is 0.667. The lowest BCUT2D eigenvalue weighted by atomic mass is 9.92. The molecule has 1 saturated carbocycles. The van der Waals surface area contributed by atoms with E-state index in [9.17, 15) is 9.59 Å². The molecule has 0 N–H and O–H groups in total. The van der Waals surface area contributed by atoms with Crippen LogP contribution in [0.5, 0.6) is 0 Å². The van der Waals surface area contributed by atoms with Crippen LogP contribution in [-0.2, 0) is 16.1 Å². The summed E-state index contributed by atoms with van der Waals surface area (Å²) in [6, 6.07) is 9.09. The molecule has 1 aromatic rings. The zero-order valence-corrected chi connectivity index (χ0v) is 18.0. The summed E-state index contributed by atoms with van der Waals surface area (Å²) in [7, 11) is 0. The zero-order chi connectivity index (χ0) is 20.4. The minimum Gasteiger partial charge on any atom is -0.337 e. The van der Waals surface area contributed by atoms with Gasteiger partial charge < -0.3 is 9.80 Å². The van der Waals surface area contributed by atoms with Crippen molar-refractivity contribution in [2.45, 2.75) is 77.4 Å². The largest absolute Gasteiger partial charge is 0.337 e. The highest BCUT2D eigenvalue weighted by Gasteiger charge is 2.37. The average Bonchev–Trinajstić information content (AvgIpc) is 3.53. The number of nitrogens with zero attached hydrogens (tertiary/aromatic N) is 3. The lowest BCUT2D eigenvalue weighted by Gasteiger charge is -2.44. The van der Waals surface area contributed by atoms with Gasteiger partial charge in [-0.2, -0.15) is 0 Å². The highest BCUT2D eigenvalue weighted by Crippen LogP contribution is 2.36. The fourth-order valence-corrected chi connectivity index (χ4v) is 5.19. The third-order valence-corrected chi connectivity index (χ3v) is 6.97. The molecule has 2 aliphatic heterocycles. The van der Waals surface area contributed by atoms with E-state index >= 15 is 0 Å². The van der Waals surface area contributed by atoms with Gasteiger partial charge in [0.25, 0.3) is 0 Å². The van der Waals surface area contributed by atoms with Gasteiger partial charge in [-0.1, -0.05) is 31.5 Å². The van der Waals surface area contributed by atoms with Crippen LogP contribution in [0.15, 0.2) is 24.3 Å². The summed E-state index contributed by atoms with van der Waals surface area (Å²) in [6.07, 6.45) is 7.83. The predicted octanol–water partition coefficient (Wildman–Crippen LogP) is 3.81. The number of fused-ring (bicyclic) bond motifs is 3. The summed E-state index contributed by atoms with van der Waals surface area (Å²) in [5.74, 6) is 1.13. The zero-order valence-electron chi connectivity index (χ0n) is 18.0. The molecule has 4 rings (SSSR count).